The molecule has 0 saturated carbocycles. The van der Waals surface area contributed by atoms with E-state index >= 15 is 0 Å². The molecule has 0 aliphatic rings. The van der Waals surface area contributed by atoms with Crippen LogP contribution in [0.15, 0.2) is 12.1 Å². The van der Waals surface area contributed by atoms with Gasteiger partial charge in [-0.2, -0.15) is 0 Å². The summed E-state index contributed by atoms with van der Waals surface area (Å²) in [4.78, 5) is 21.8. The molecule has 0 saturated heterocycles. The van der Waals surface area contributed by atoms with Crippen molar-refractivity contribution in [3.8, 4) is 0 Å². The molecule has 0 spiro atoms. The lowest BCUT2D eigenvalue weighted by atomic mass is 10.1. The second-order valence-electron chi connectivity index (χ2n) is 4.86. The molecule has 0 N–H and O–H groups in total. The maximum Gasteiger partial charge on any atom is 0.339 e. The van der Waals surface area contributed by atoms with Crippen LogP contribution < -0.4 is 0 Å². The van der Waals surface area contributed by atoms with Crippen LogP contribution in [0.5, 0.6) is 0 Å². The van der Waals surface area contributed by atoms with E-state index in [9.17, 15) is 19.3 Å². The van der Waals surface area contributed by atoms with Crippen molar-refractivity contribution < 1.29 is 18.8 Å². The average molecular weight is 255 g/mol. The Morgan fingerprint density at radius 2 is 1.94 bits per heavy atom. The molecule has 0 aliphatic carbocycles. The van der Waals surface area contributed by atoms with Gasteiger partial charge >= 0.3 is 5.97 Å². The Balaban J connectivity index is 3.25. The van der Waals surface area contributed by atoms with Gasteiger partial charge in [0.05, 0.1) is 16.6 Å². The molecule has 18 heavy (non-hydrogen) atoms. The number of nitrogens with zero attached hydrogens (tertiary/aromatic N) is 1. The molecule has 1 aromatic rings. The lowest BCUT2D eigenvalue weighted by Gasteiger charge is -2.20. The Morgan fingerprint density at radius 1 is 1.39 bits per heavy atom. The van der Waals surface area contributed by atoms with Gasteiger partial charge < -0.3 is 4.74 Å². The Bertz CT molecular complexity index is 506. The number of hydrogen-bond acceptors (Lipinski definition) is 4. The molecule has 0 radical (unpaired) electrons. The van der Waals surface area contributed by atoms with Crippen molar-refractivity contribution in [2.24, 2.45) is 0 Å². The third-order valence-electron chi connectivity index (χ3n) is 2.16. The predicted molar refractivity (Wildman–Crippen MR) is 63.0 cm³/mol. The van der Waals surface area contributed by atoms with Crippen LogP contribution in [-0.4, -0.2) is 16.5 Å². The normalized spacial score (nSPS) is 11.2. The summed E-state index contributed by atoms with van der Waals surface area (Å²) in [7, 11) is 0. The summed E-state index contributed by atoms with van der Waals surface area (Å²) in [5, 5.41) is 10.7. The van der Waals surface area contributed by atoms with E-state index in [2.05, 4.69) is 0 Å². The highest BCUT2D eigenvalue weighted by molar-refractivity contribution is 5.92. The second kappa shape index (κ2) is 4.72. The summed E-state index contributed by atoms with van der Waals surface area (Å²) < 4.78 is 18.3. The number of rotatable bonds is 2. The zero-order chi connectivity index (χ0) is 14.1. The number of nitro benzene ring substituents is 1. The first kappa shape index (κ1) is 14.1. The molecular formula is C12H14FNO4. The maximum absolute atomic E-state index is 13.2. The van der Waals surface area contributed by atoms with Crippen LogP contribution in [0.3, 0.4) is 0 Å². The first-order valence-electron chi connectivity index (χ1n) is 5.29. The van der Waals surface area contributed by atoms with Crippen LogP contribution in [0.2, 0.25) is 0 Å². The monoisotopic (exact) mass is 255 g/mol. The van der Waals surface area contributed by atoms with E-state index in [1.807, 2.05) is 0 Å². The smallest absolute Gasteiger partial charge is 0.339 e. The average Bonchev–Trinajstić information content (AvgIpc) is 2.17. The van der Waals surface area contributed by atoms with Crippen molar-refractivity contribution >= 4 is 11.7 Å². The van der Waals surface area contributed by atoms with E-state index < -0.39 is 28.0 Å². The SMILES string of the molecule is Cc1c(C(=O)OC(C)(C)C)cc(F)cc1[N+](=O)[O-]. The van der Waals surface area contributed by atoms with Gasteiger partial charge in [-0.05, 0) is 33.8 Å². The first-order chi connectivity index (χ1) is 8.11. The molecule has 0 unspecified atom stereocenters. The van der Waals surface area contributed by atoms with Gasteiger partial charge in [0.25, 0.3) is 5.69 Å². The van der Waals surface area contributed by atoms with E-state index in [1.54, 1.807) is 20.8 Å². The number of benzene rings is 1. The van der Waals surface area contributed by atoms with Crippen molar-refractivity contribution in [2.75, 3.05) is 0 Å². The molecule has 0 amide bonds. The number of nitro groups is 1. The van der Waals surface area contributed by atoms with Crippen LogP contribution >= 0.6 is 0 Å². The Morgan fingerprint density at radius 3 is 2.39 bits per heavy atom. The molecule has 0 heterocycles. The number of carbonyl (C=O) groups excluding carboxylic acids is 1. The van der Waals surface area contributed by atoms with Crippen LogP contribution in [0.4, 0.5) is 10.1 Å². The van der Waals surface area contributed by atoms with E-state index in [4.69, 9.17) is 4.74 Å². The fourth-order valence-electron chi connectivity index (χ4n) is 1.40. The highest BCUT2D eigenvalue weighted by Gasteiger charge is 2.24. The minimum absolute atomic E-state index is 0.0932. The quantitative estimate of drug-likeness (QED) is 0.462. The minimum Gasteiger partial charge on any atom is -0.456 e. The van der Waals surface area contributed by atoms with Crippen LogP contribution in [0, 0.1) is 22.9 Å². The fourth-order valence-corrected chi connectivity index (χ4v) is 1.40. The lowest BCUT2D eigenvalue weighted by molar-refractivity contribution is -0.385. The summed E-state index contributed by atoms with van der Waals surface area (Å²) in [6, 6.07) is 1.72. The van der Waals surface area contributed by atoms with Crippen LogP contribution in [-0.2, 0) is 4.74 Å². The third-order valence-corrected chi connectivity index (χ3v) is 2.16. The predicted octanol–water partition coefficient (Wildman–Crippen LogP) is 3.00. The van der Waals surface area contributed by atoms with E-state index in [1.165, 1.54) is 6.92 Å². The second-order valence-corrected chi connectivity index (χ2v) is 4.86. The van der Waals surface area contributed by atoms with Gasteiger partial charge in [0.2, 0.25) is 0 Å². The maximum atomic E-state index is 13.2. The lowest BCUT2D eigenvalue weighted by Crippen LogP contribution is -2.24. The summed E-state index contributed by atoms with van der Waals surface area (Å²) in [6.07, 6.45) is 0. The fraction of sp³-hybridized carbons (Fsp3) is 0.417. The molecule has 0 fully saturated rings. The molecule has 5 nitrogen and oxygen atoms in total. The largest absolute Gasteiger partial charge is 0.456 e. The molecule has 0 aliphatic heterocycles. The van der Waals surface area contributed by atoms with Crippen molar-refractivity contribution in [1.29, 1.82) is 0 Å². The number of halogens is 1. The highest BCUT2D eigenvalue weighted by Crippen LogP contribution is 2.25. The Kier molecular flexibility index (Phi) is 3.69. The molecule has 1 aromatic carbocycles. The van der Waals surface area contributed by atoms with Crippen molar-refractivity contribution in [1.82, 2.24) is 0 Å². The summed E-state index contributed by atoms with van der Waals surface area (Å²) in [6.45, 7) is 6.37. The Hall–Kier alpha value is -1.98. The van der Waals surface area contributed by atoms with Gasteiger partial charge in [0.1, 0.15) is 11.4 Å². The summed E-state index contributed by atoms with van der Waals surface area (Å²) in [5.41, 5.74) is -1.21. The number of carbonyl (C=O) groups is 1. The number of ether oxygens (including phenoxy) is 1. The zero-order valence-corrected chi connectivity index (χ0v) is 10.6. The molecular weight excluding hydrogens is 241 g/mol. The third kappa shape index (κ3) is 3.26. The van der Waals surface area contributed by atoms with Crippen molar-refractivity contribution in [2.45, 2.75) is 33.3 Å². The Labute approximate surface area is 104 Å². The van der Waals surface area contributed by atoms with Crippen molar-refractivity contribution in [3.63, 3.8) is 0 Å². The van der Waals surface area contributed by atoms with E-state index in [0.717, 1.165) is 12.1 Å². The minimum atomic E-state index is -0.840. The first-order valence-corrected chi connectivity index (χ1v) is 5.29. The summed E-state index contributed by atoms with van der Waals surface area (Å²) >= 11 is 0. The van der Waals surface area contributed by atoms with Gasteiger partial charge in [-0.1, -0.05) is 0 Å². The molecule has 6 heteroatoms. The molecule has 98 valence electrons. The van der Waals surface area contributed by atoms with Crippen molar-refractivity contribution in [3.05, 3.63) is 39.2 Å². The standard InChI is InChI=1S/C12H14FNO4/c1-7-9(11(15)18-12(2,3)4)5-8(13)6-10(7)14(16)17/h5-6H,1-4H3. The topological polar surface area (TPSA) is 69.4 Å². The number of hydrogen-bond donors (Lipinski definition) is 0. The van der Waals surface area contributed by atoms with Gasteiger partial charge in [0, 0.05) is 5.56 Å². The molecule has 0 atom stereocenters. The van der Waals surface area contributed by atoms with Gasteiger partial charge in [-0.15, -0.1) is 0 Å². The van der Waals surface area contributed by atoms with Gasteiger partial charge in [-0.25, -0.2) is 9.18 Å². The summed E-state index contributed by atoms with van der Waals surface area (Å²) in [5.74, 6) is -1.62. The van der Waals surface area contributed by atoms with Crippen LogP contribution in [0.1, 0.15) is 36.7 Å². The number of esters is 1. The molecule has 0 bridgehead atoms. The van der Waals surface area contributed by atoms with Crippen LogP contribution in [0.25, 0.3) is 0 Å². The van der Waals surface area contributed by atoms with Gasteiger partial charge in [0.15, 0.2) is 0 Å². The zero-order valence-electron chi connectivity index (χ0n) is 10.6. The van der Waals surface area contributed by atoms with Gasteiger partial charge in [-0.3, -0.25) is 10.1 Å². The van der Waals surface area contributed by atoms with E-state index in [-0.39, 0.29) is 11.1 Å². The van der Waals surface area contributed by atoms with E-state index in [0.29, 0.717) is 0 Å². The molecule has 1 rings (SSSR count). The molecule has 0 aromatic heterocycles. The highest BCUT2D eigenvalue weighted by atomic mass is 19.1.